The molecule has 2 aliphatic heterocycles. The molecule has 3 atom stereocenters. The first-order valence-electron chi connectivity index (χ1n) is 7.44. The second-order valence-electron chi connectivity index (χ2n) is 5.91. The van der Waals surface area contributed by atoms with Crippen LogP contribution in [0.15, 0.2) is 0 Å². The fourth-order valence-electron chi connectivity index (χ4n) is 3.29. The second kappa shape index (κ2) is 6.53. The predicted octanol–water partition coefficient (Wildman–Crippen LogP) is 0.975. The molecule has 4 nitrogen and oxygen atoms in total. The van der Waals surface area contributed by atoms with Crippen LogP contribution in [0.1, 0.15) is 39.5 Å². The molecule has 4 heteroatoms. The molecule has 2 saturated heterocycles. The largest absolute Gasteiger partial charge is 0.353 e. The van der Waals surface area contributed by atoms with E-state index in [9.17, 15) is 4.79 Å². The van der Waals surface area contributed by atoms with Gasteiger partial charge < -0.3 is 10.6 Å². The Morgan fingerprint density at radius 2 is 2.33 bits per heavy atom. The number of nitrogens with zero attached hydrogens (tertiary/aromatic N) is 1. The summed E-state index contributed by atoms with van der Waals surface area (Å²) in [7, 11) is 0. The maximum absolute atomic E-state index is 11.9. The van der Waals surface area contributed by atoms with Gasteiger partial charge in [0, 0.05) is 25.2 Å². The zero-order chi connectivity index (χ0) is 13.0. The number of rotatable bonds is 5. The lowest BCUT2D eigenvalue weighted by atomic mass is 9.94. The van der Waals surface area contributed by atoms with E-state index in [-0.39, 0.29) is 5.91 Å². The van der Waals surface area contributed by atoms with Crippen LogP contribution in [0.25, 0.3) is 0 Å². The number of nitrogens with one attached hydrogen (secondary N) is 2. The molecule has 1 unspecified atom stereocenters. The summed E-state index contributed by atoms with van der Waals surface area (Å²) in [6.07, 6.45) is 4.80. The van der Waals surface area contributed by atoms with Crippen LogP contribution in [0.5, 0.6) is 0 Å². The zero-order valence-electron chi connectivity index (χ0n) is 11.7. The molecule has 1 amide bonds. The van der Waals surface area contributed by atoms with E-state index in [0.717, 1.165) is 38.4 Å². The number of amides is 1. The monoisotopic (exact) mass is 253 g/mol. The first-order chi connectivity index (χ1) is 8.69. The predicted molar refractivity (Wildman–Crippen MR) is 73.5 cm³/mol. The molecule has 18 heavy (non-hydrogen) atoms. The first kappa shape index (κ1) is 13.8. The van der Waals surface area contributed by atoms with E-state index >= 15 is 0 Å². The smallest absolute Gasteiger partial charge is 0.234 e. The van der Waals surface area contributed by atoms with Crippen LogP contribution in [-0.4, -0.2) is 49.1 Å². The van der Waals surface area contributed by atoms with E-state index in [1.165, 1.54) is 12.8 Å². The molecule has 2 N–H and O–H groups in total. The Morgan fingerprint density at radius 3 is 3.06 bits per heavy atom. The number of hydrogen-bond acceptors (Lipinski definition) is 3. The number of piperidine rings is 1. The molecule has 0 radical (unpaired) electrons. The van der Waals surface area contributed by atoms with Crippen molar-refractivity contribution >= 4 is 5.91 Å². The van der Waals surface area contributed by atoms with E-state index < -0.39 is 0 Å². The third-order valence-electron chi connectivity index (χ3n) is 4.17. The molecule has 2 fully saturated rings. The SMILES string of the molecule is CCCC(C)NC(=O)CN1C[C@@H]2CCCN[C@@H]2C1. The Labute approximate surface area is 110 Å². The molecule has 2 heterocycles. The Bertz CT molecular complexity index is 268. The van der Waals surface area contributed by atoms with Crippen molar-refractivity contribution in [3.05, 3.63) is 0 Å². The summed E-state index contributed by atoms with van der Waals surface area (Å²) < 4.78 is 0. The van der Waals surface area contributed by atoms with Gasteiger partial charge in [0.1, 0.15) is 0 Å². The summed E-state index contributed by atoms with van der Waals surface area (Å²) in [4.78, 5) is 14.2. The minimum absolute atomic E-state index is 0.189. The number of hydrogen-bond donors (Lipinski definition) is 2. The highest BCUT2D eigenvalue weighted by atomic mass is 16.2. The summed E-state index contributed by atoms with van der Waals surface area (Å²) in [6.45, 7) is 8.09. The minimum Gasteiger partial charge on any atom is -0.353 e. The lowest BCUT2D eigenvalue weighted by Gasteiger charge is -2.24. The van der Waals surface area contributed by atoms with E-state index in [1.807, 2.05) is 0 Å². The average Bonchev–Trinajstić information content (AvgIpc) is 2.70. The van der Waals surface area contributed by atoms with Crippen LogP contribution < -0.4 is 10.6 Å². The summed E-state index contributed by atoms with van der Waals surface area (Å²) in [5.41, 5.74) is 0. The molecule has 0 saturated carbocycles. The van der Waals surface area contributed by atoms with Crippen molar-refractivity contribution in [2.24, 2.45) is 5.92 Å². The lowest BCUT2D eigenvalue weighted by Crippen LogP contribution is -2.42. The van der Waals surface area contributed by atoms with Crippen molar-refractivity contribution in [1.82, 2.24) is 15.5 Å². The molecule has 2 aliphatic rings. The van der Waals surface area contributed by atoms with E-state index in [2.05, 4.69) is 29.4 Å². The topological polar surface area (TPSA) is 44.4 Å². The quantitative estimate of drug-likeness (QED) is 0.767. The second-order valence-corrected chi connectivity index (χ2v) is 5.91. The highest BCUT2D eigenvalue weighted by Crippen LogP contribution is 2.24. The van der Waals surface area contributed by atoms with Crippen LogP contribution in [0, 0.1) is 5.92 Å². The van der Waals surface area contributed by atoms with E-state index in [1.54, 1.807) is 0 Å². The Morgan fingerprint density at radius 1 is 1.50 bits per heavy atom. The van der Waals surface area contributed by atoms with Gasteiger partial charge in [0.2, 0.25) is 5.91 Å². The summed E-state index contributed by atoms with van der Waals surface area (Å²) >= 11 is 0. The van der Waals surface area contributed by atoms with Crippen molar-refractivity contribution in [3.63, 3.8) is 0 Å². The molecular weight excluding hydrogens is 226 g/mol. The highest BCUT2D eigenvalue weighted by molar-refractivity contribution is 5.78. The summed E-state index contributed by atoms with van der Waals surface area (Å²) in [6, 6.07) is 0.935. The summed E-state index contributed by atoms with van der Waals surface area (Å²) in [5, 5.41) is 6.66. The van der Waals surface area contributed by atoms with Gasteiger partial charge >= 0.3 is 0 Å². The number of likely N-dealkylation sites (tertiary alicyclic amines) is 1. The number of fused-ring (bicyclic) bond motifs is 1. The molecule has 0 aromatic rings. The minimum atomic E-state index is 0.189. The van der Waals surface area contributed by atoms with Gasteiger partial charge in [-0.3, -0.25) is 9.69 Å². The fraction of sp³-hybridized carbons (Fsp3) is 0.929. The van der Waals surface area contributed by atoms with Crippen LogP contribution in [0.3, 0.4) is 0 Å². The van der Waals surface area contributed by atoms with Gasteiger partial charge in [-0.05, 0) is 38.6 Å². The van der Waals surface area contributed by atoms with Crippen molar-refractivity contribution in [2.75, 3.05) is 26.2 Å². The van der Waals surface area contributed by atoms with Crippen molar-refractivity contribution < 1.29 is 4.79 Å². The number of carbonyl (C=O) groups is 1. The third kappa shape index (κ3) is 3.69. The molecule has 0 aromatic carbocycles. The Kier molecular flexibility index (Phi) is 5.01. The zero-order valence-corrected chi connectivity index (χ0v) is 11.7. The highest BCUT2D eigenvalue weighted by Gasteiger charge is 2.34. The summed E-state index contributed by atoms with van der Waals surface area (Å²) in [5.74, 6) is 0.953. The Hall–Kier alpha value is -0.610. The van der Waals surface area contributed by atoms with Gasteiger partial charge in [-0.2, -0.15) is 0 Å². The van der Waals surface area contributed by atoms with Gasteiger partial charge in [-0.25, -0.2) is 0 Å². The number of carbonyl (C=O) groups excluding carboxylic acids is 1. The van der Waals surface area contributed by atoms with Crippen LogP contribution in [-0.2, 0) is 4.79 Å². The van der Waals surface area contributed by atoms with Crippen LogP contribution >= 0.6 is 0 Å². The van der Waals surface area contributed by atoms with Crippen LogP contribution in [0.2, 0.25) is 0 Å². The van der Waals surface area contributed by atoms with E-state index in [0.29, 0.717) is 18.6 Å². The van der Waals surface area contributed by atoms with Gasteiger partial charge in [-0.15, -0.1) is 0 Å². The lowest BCUT2D eigenvalue weighted by molar-refractivity contribution is -0.122. The maximum Gasteiger partial charge on any atom is 0.234 e. The molecule has 0 aromatic heterocycles. The van der Waals surface area contributed by atoms with Crippen molar-refractivity contribution in [3.8, 4) is 0 Å². The average molecular weight is 253 g/mol. The molecule has 0 spiro atoms. The van der Waals surface area contributed by atoms with Crippen molar-refractivity contribution in [2.45, 2.75) is 51.6 Å². The first-order valence-corrected chi connectivity index (χ1v) is 7.44. The molecule has 104 valence electrons. The maximum atomic E-state index is 11.9. The standard InChI is InChI=1S/C14H27N3O/c1-3-5-11(2)16-14(18)10-17-8-12-6-4-7-15-13(12)9-17/h11-13,15H,3-10H2,1-2H3,(H,16,18)/t11?,12-,13+/m0/s1. The molecule has 0 aliphatic carbocycles. The van der Waals surface area contributed by atoms with Gasteiger partial charge in [0.05, 0.1) is 6.54 Å². The fourth-order valence-corrected chi connectivity index (χ4v) is 3.29. The Balaban J connectivity index is 1.72. The molecule has 2 rings (SSSR count). The van der Waals surface area contributed by atoms with Gasteiger partial charge in [0.25, 0.3) is 0 Å². The van der Waals surface area contributed by atoms with E-state index in [4.69, 9.17) is 0 Å². The normalized spacial score (nSPS) is 29.9. The van der Waals surface area contributed by atoms with Gasteiger partial charge in [0.15, 0.2) is 0 Å². The molecule has 0 bridgehead atoms. The van der Waals surface area contributed by atoms with Gasteiger partial charge in [-0.1, -0.05) is 13.3 Å². The van der Waals surface area contributed by atoms with Crippen molar-refractivity contribution in [1.29, 1.82) is 0 Å². The third-order valence-corrected chi connectivity index (χ3v) is 4.17. The molecular formula is C14H27N3O. The van der Waals surface area contributed by atoms with Crippen LogP contribution in [0.4, 0.5) is 0 Å².